The van der Waals surface area contributed by atoms with Gasteiger partial charge in [-0.3, -0.25) is 9.69 Å². The van der Waals surface area contributed by atoms with E-state index in [1.807, 2.05) is 24.3 Å². The highest BCUT2D eigenvalue weighted by atomic mass is 16.5. The number of anilines is 1. The van der Waals surface area contributed by atoms with E-state index in [4.69, 9.17) is 4.74 Å². The van der Waals surface area contributed by atoms with Crippen molar-refractivity contribution in [1.82, 2.24) is 14.7 Å². The monoisotopic (exact) mass is 400 g/mol. The van der Waals surface area contributed by atoms with Crippen molar-refractivity contribution >= 4 is 11.6 Å². The quantitative estimate of drug-likeness (QED) is 0.796. The summed E-state index contributed by atoms with van der Waals surface area (Å²) in [6, 6.07) is 8.57. The van der Waals surface area contributed by atoms with Crippen molar-refractivity contribution in [3.8, 4) is 5.75 Å². The second-order valence-corrected chi connectivity index (χ2v) is 8.97. The third-order valence-corrected chi connectivity index (χ3v) is 6.60. The van der Waals surface area contributed by atoms with Gasteiger partial charge in [-0.2, -0.15) is 0 Å². The molecule has 0 aromatic heterocycles. The second-order valence-electron chi connectivity index (χ2n) is 8.97. The van der Waals surface area contributed by atoms with Crippen molar-refractivity contribution in [2.24, 2.45) is 0 Å². The second kappa shape index (κ2) is 9.92. The van der Waals surface area contributed by atoms with E-state index in [1.165, 1.54) is 32.4 Å². The van der Waals surface area contributed by atoms with E-state index in [0.717, 1.165) is 62.9 Å². The highest BCUT2D eigenvalue weighted by Gasteiger charge is 2.35. The molecule has 1 aromatic carbocycles. The molecule has 3 fully saturated rings. The molecule has 0 spiro atoms. The molecule has 0 radical (unpaired) electrons. The zero-order valence-corrected chi connectivity index (χ0v) is 17.8. The maximum Gasteiger partial charge on any atom is 0.238 e. The number of benzene rings is 1. The normalized spacial score (nSPS) is 27.1. The Kier molecular flexibility index (Phi) is 7.06. The molecule has 0 bridgehead atoms. The largest absolute Gasteiger partial charge is 0.490 e. The average molecular weight is 401 g/mol. The van der Waals surface area contributed by atoms with Gasteiger partial charge >= 0.3 is 0 Å². The van der Waals surface area contributed by atoms with E-state index >= 15 is 0 Å². The third-order valence-electron chi connectivity index (χ3n) is 6.60. The van der Waals surface area contributed by atoms with Gasteiger partial charge in [0, 0.05) is 37.7 Å². The van der Waals surface area contributed by atoms with Gasteiger partial charge in [0.1, 0.15) is 11.9 Å². The SMILES string of the molecule is CN1CCCN(CC(=O)Nc2ccc(OC3CC(N4CCCCC4)C3)cc2)CC1. The van der Waals surface area contributed by atoms with Gasteiger partial charge in [-0.25, -0.2) is 0 Å². The molecule has 29 heavy (non-hydrogen) atoms. The van der Waals surface area contributed by atoms with Crippen LogP contribution in [0.2, 0.25) is 0 Å². The van der Waals surface area contributed by atoms with Gasteiger partial charge in [-0.05, 0) is 76.8 Å². The van der Waals surface area contributed by atoms with Gasteiger partial charge in [-0.1, -0.05) is 6.42 Å². The molecule has 1 saturated carbocycles. The Morgan fingerprint density at radius 3 is 2.48 bits per heavy atom. The Labute approximate surface area is 175 Å². The summed E-state index contributed by atoms with van der Waals surface area (Å²) in [7, 11) is 2.14. The minimum atomic E-state index is 0.0617. The van der Waals surface area contributed by atoms with Crippen LogP contribution >= 0.6 is 0 Å². The van der Waals surface area contributed by atoms with E-state index in [9.17, 15) is 4.79 Å². The number of nitrogens with one attached hydrogen (secondary N) is 1. The Balaban J connectivity index is 1.18. The number of likely N-dealkylation sites (tertiary alicyclic amines) is 1. The number of carbonyl (C=O) groups is 1. The van der Waals surface area contributed by atoms with Gasteiger partial charge in [0.2, 0.25) is 5.91 Å². The topological polar surface area (TPSA) is 48.1 Å². The summed E-state index contributed by atoms with van der Waals surface area (Å²) in [6.07, 6.45) is 7.83. The number of likely N-dealkylation sites (N-methyl/N-ethyl adjacent to an activating group) is 1. The molecule has 6 heteroatoms. The fraction of sp³-hybridized carbons (Fsp3) is 0.696. The summed E-state index contributed by atoms with van der Waals surface area (Å²) in [5.41, 5.74) is 0.842. The standard InChI is InChI=1S/C23H36N4O2/c1-25-10-5-11-26(15-14-25)18-23(28)24-19-6-8-21(9-7-19)29-22-16-20(17-22)27-12-3-2-4-13-27/h6-9,20,22H,2-5,10-18H2,1H3,(H,24,28). The van der Waals surface area contributed by atoms with E-state index in [0.29, 0.717) is 12.6 Å². The van der Waals surface area contributed by atoms with Crippen LogP contribution in [0.5, 0.6) is 5.75 Å². The van der Waals surface area contributed by atoms with Gasteiger partial charge in [0.25, 0.3) is 0 Å². The van der Waals surface area contributed by atoms with Crippen molar-refractivity contribution in [2.45, 2.75) is 50.7 Å². The minimum Gasteiger partial charge on any atom is -0.490 e. The van der Waals surface area contributed by atoms with Crippen LogP contribution in [-0.2, 0) is 4.79 Å². The summed E-state index contributed by atoms with van der Waals surface area (Å²) in [5, 5.41) is 3.02. The minimum absolute atomic E-state index is 0.0617. The van der Waals surface area contributed by atoms with Crippen LogP contribution < -0.4 is 10.1 Å². The molecule has 2 aliphatic heterocycles. The van der Waals surface area contributed by atoms with Gasteiger partial charge in [0.05, 0.1) is 6.54 Å². The van der Waals surface area contributed by atoms with E-state index in [-0.39, 0.29) is 5.91 Å². The lowest BCUT2D eigenvalue weighted by Gasteiger charge is -2.44. The van der Waals surface area contributed by atoms with E-state index in [1.54, 1.807) is 0 Å². The number of piperidine rings is 1. The van der Waals surface area contributed by atoms with Gasteiger partial charge in [0.15, 0.2) is 0 Å². The Morgan fingerprint density at radius 1 is 0.966 bits per heavy atom. The third kappa shape index (κ3) is 5.93. The highest BCUT2D eigenvalue weighted by Crippen LogP contribution is 2.31. The Bertz CT molecular complexity index is 653. The molecule has 4 rings (SSSR count). The van der Waals surface area contributed by atoms with Crippen molar-refractivity contribution in [1.29, 1.82) is 0 Å². The van der Waals surface area contributed by atoms with Crippen molar-refractivity contribution < 1.29 is 9.53 Å². The number of nitrogens with zero attached hydrogens (tertiary/aromatic N) is 3. The molecule has 2 saturated heterocycles. The predicted octanol–water partition coefficient (Wildman–Crippen LogP) is 2.66. The fourth-order valence-corrected chi connectivity index (χ4v) is 4.69. The van der Waals surface area contributed by atoms with Gasteiger partial charge < -0.3 is 19.9 Å². The number of hydrogen-bond acceptors (Lipinski definition) is 5. The van der Waals surface area contributed by atoms with Crippen molar-refractivity contribution in [2.75, 3.05) is 58.2 Å². The maximum absolute atomic E-state index is 12.4. The first-order valence-electron chi connectivity index (χ1n) is 11.4. The predicted molar refractivity (Wildman–Crippen MR) is 116 cm³/mol. The average Bonchev–Trinajstić information content (AvgIpc) is 2.90. The van der Waals surface area contributed by atoms with Crippen LogP contribution in [0.3, 0.4) is 0 Å². The van der Waals surface area contributed by atoms with Crippen LogP contribution in [0.1, 0.15) is 38.5 Å². The summed E-state index contributed by atoms with van der Waals surface area (Å²) in [6.45, 7) is 7.07. The fourth-order valence-electron chi connectivity index (χ4n) is 4.69. The zero-order chi connectivity index (χ0) is 20.1. The highest BCUT2D eigenvalue weighted by molar-refractivity contribution is 5.92. The maximum atomic E-state index is 12.4. The van der Waals surface area contributed by atoms with Crippen molar-refractivity contribution in [3.63, 3.8) is 0 Å². The lowest BCUT2D eigenvalue weighted by atomic mass is 9.86. The first kappa shape index (κ1) is 20.6. The molecule has 0 atom stereocenters. The number of rotatable bonds is 6. The molecular formula is C23H36N4O2. The molecular weight excluding hydrogens is 364 g/mol. The van der Waals surface area contributed by atoms with E-state index in [2.05, 4.69) is 27.1 Å². The molecule has 1 amide bonds. The lowest BCUT2D eigenvalue weighted by Crippen LogP contribution is -2.50. The van der Waals surface area contributed by atoms with Gasteiger partial charge in [-0.15, -0.1) is 0 Å². The number of carbonyl (C=O) groups excluding carboxylic acids is 1. The van der Waals surface area contributed by atoms with Crippen LogP contribution in [0, 0.1) is 0 Å². The number of hydrogen-bond donors (Lipinski definition) is 1. The lowest BCUT2D eigenvalue weighted by molar-refractivity contribution is -0.117. The molecule has 6 nitrogen and oxygen atoms in total. The number of ether oxygens (including phenoxy) is 1. The summed E-state index contributed by atoms with van der Waals surface area (Å²) in [4.78, 5) is 19.6. The molecule has 1 N–H and O–H groups in total. The first-order chi connectivity index (χ1) is 14.2. The Morgan fingerprint density at radius 2 is 1.72 bits per heavy atom. The van der Waals surface area contributed by atoms with Crippen LogP contribution in [0.4, 0.5) is 5.69 Å². The summed E-state index contributed by atoms with van der Waals surface area (Å²) in [5.74, 6) is 0.965. The smallest absolute Gasteiger partial charge is 0.238 e. The Hall–Kier alpha value is -1.63. The molecule has 1 aliphatic carbocycles. The molecule has 1 aromatic rings. The first-order valence-corrected chi connectivity index (χ1v) is 11.4. The number of amides is 1. The molecule has 2 heterocycles. The van der Waals surface area contributed by atoms with Crippen LogP contribution in [0.15, 0.2) is 24.3 Å². The summed E-state index contributed by atoms with van der Waals surface area (Å²) >= 11 is 0. The van der Waals surface area contributed by atoms with Crippen LogP contribution in [-0.4, -0.2) is 85.6 Å². The van der Waals surface area contributed by atoms with E-state index < -0.39 is 0 Å². The molecule has 0 unspecified atom stereocenters. The molecule has 3 aliphatic rings. The van der Waals surface area contributed by atoms with Crippen LogP contribution in [0.25, 0.3) is 0 Å². The summed E-state index contributed by atoms with van der Waals surface area (Å²) < 4.78 is 6.12. The van der Waals surface area contributed by atoms with Crippen molar-refractivity contribution in [3.05, 3.63) is 24.3 Å². The zero-order valence-electron chi connectivity index (χ0n) is 17.8. The molecule has 160 valence electrons.